The van der Waals surface area contributed by atoms with Crippen LogP contribution in [0.5, 0.6) is 5.75 Å². The molecule has 0 bridgehead atoms. The minimum atomic E-state index is -4.43. The van der Waals surface area contributed by atoms with Crippen molar-refractivity contribution in [3.8, 4) is 5.75 Å². The van der Waals surface area contributed by atoms with Crippen LogP contribution < -0.4 is 9.64 Å². The van der Waals surface area contributed by atoms with Gasteiger partial charge in [0.15, 0.2) is 6.61 Å². The molecule has 0 saturated carbocycles. The molecule has 0 aliphatic rings. The average molecular weight is 345 g/mol. The molecule has 0 N–H and O–H groups in total. The van der Waals surface area contributed by atoms with Crippen molar-refractivity contribution in [3.05, 3.63) is 53.3 Å². The van der Waals surface area contributed by atoms with Crippen molar-refractivity contribution < 1.29 is 22.7 Å². The molecular formula is C15H12ClF3N2O2. The lowest BCUT2D eigenvalue weighted by Gasteiger charge is -2.18. The van der Waals surface area contributed by atoms with Crippen molar-refractivity contribution in [2.75, 3.05) is 18.6 Å². The molecule has 122 valence electrons. The van der Waals surface area contributed by atoms with E-state index in [1.165, 1.54) is 24.1 Å². The SMILES string of the molecule is CN(C(=O)c1ccc(OCC(F)(F)F)cn1)c1ccccc1Cl. The van der Waals surface area contributed by atoms with Crippen molar-refractivity contribution in [2.45, 2.75) is 6.18 Å². The predicted octanol–water partition coefficient (Wildman–Crippen LogP) is 3.95. The van der Waals surface area contributed by atoms with Gasteiger partial charge >= 0.3 is 6.18 Å². The molecule has 8 heteroatoms. The van der Waals surface area contributed by atoms with Gasteiger partial charge in [-0.25, -0.2) is 4.98 Å². The lowest BCUT2D eigenvalue weighted by molar-refractivity contribution is -0.153. The summed E-state index contributed by atoms with van der Waals surface area (Å²) in [6.45, 7) is -1.42. The quantitative estimate of drug-likeness (QED) is 0.843. The molecule has 0 aliphatic carbocycles. The molecule has 0 atom stereocenters. The number of ether oxygens (including phenoxy) is 1. The van der Waals surface area contributed by atoms with E-state index in [0.29, 0.717) is 10.7 Å². The second-order valence-corrected chi connectivity index (χ2v) is 5.01. The van der Waals surface area contributed by atoms with Gasteiger partial charge in [-0.3, -0.25) is 4.79 Å². The number of nitrogens with zero attached hydrogens (tertiary/aromatic N) is 2. The molecule has 0 saturated heterocycles. The summed E-state index contributed by atoms with van der Waals surface area (Å²) in [5, 5.41) is 0.397. The molecule has 0 aliphatic heterocycles. The molecule has 1 amide bonds. The molecule has 4 nitrogen and oxygen atoms in total. The number of aromatic nitrogens is 1. The molecule has 0 fully saturated rings. The summed E-state index contributed by atoms with van der Waals surface area (Å²) in [7, 11) is 1.53. The third-order valence-electron chi connectivity index (χ3n) is 2.88. The number of carbonyl (C=O) groups is 1. The van der Waals surface area contributed by atoms with Gasteiger partial charge in [0.25, 0.3) is 5.91 Å². The number of carbonyl (C=O) groups excluding carboxylic acids is 1. The molecule has 0 spiro atoms. The maximum atomic E-state index is 12.3. The van der Waals surface area contributed by atoms with Crippen molar-refractivity contribution in [1.82, 2.24) is 4.98 Å². The Morgan fingerprint density at radius 2 is 1.96 bits per heavy atom. The second kappa shape index (κ2) is 6.87. The summed E-state index contributed by atoms with van der Waals surface area (Å²) in [5.41, 5.74) is 0.560. The molecule has 0 radical (unpaired) electrons. The van der Waals surface area contributed by atoms with Crippen molar-refractivity contribution >= 4 is 23.2 Å². The van der Waals surface area contributed by atoms with Gasteiger partial charge in [-0.1, -0.05) is 23.7 Å². The van der Waals surface area contributed by atoms with Crippen LogP contribution in [-0.4, -0.2) is 30.7 Å². The van der Waals surface area contributed by atoms with E-state index in [4.69, 9.17) is 11.6 Å². The molecule has 2 aromatic rings. The Kier molecular flexibility index (Phi) is 5.10. The van der Waals surface area contributed by atoms with E-state index in [1.54, 1.807) is 24.3 Å². The highest BCUT2D eigenvalue weighted by molar-refractivity contribution is 6.34. The van der Waals surface area contributed by atoms with E-state index in [0.717, 1.165) is 6.20 Å². The lowest BCUT2D eigenvalue weighted by Crippen LogP contribution is -2.27. The van der Waals surface area contributed by atoms with Gasteiger partial charge in [0.05, 0.1) is 16.9 Å². The lowest BCUT2D eigenvalue weighted by atomic mass is 10.2. The van der Waals surface area contributed by atoms with E-state index < -0.39 is 18.7 Å². The van der Waals surface area contributed by atoms with Crippen molar-refractivity contribution in [2.24, 2.45) is 0 Å². The molecule has 1 aromatic heterocycles. The number of pyridine rings is 1. The number of anilines is 1. The van der Waals surface area contributed by atoms with Crippen LogP contribution in [0.4, 0.5) is 18.9 Å². The van der Waals surface area contributed by atoms with Crippen LogP contribution in [0.1, 0.15) is 10.5 Å². The molecule has 23 heavy (non-hydrogen) atoms. The number of hydrogen-bond acceptors (Lipinski definition) is 3. The summed E-state index contributed by atoms with van der Waals surface area (Å²) in [4.78, 5) is 17.4. The Balaban J connectivity index is 2.10. The van der Waals surface area contributed by atoms with E-state index >= 15 is 0 Å². The average Bonchev–Trinajstić information content (AvgIpc) is 2.52. The maximum absolute atomic E-state index is 12.3. The standard InChI is InChI=1S/C15H12ClF3N2O2/c1-21(13-5-3-2-4-11(13)16)14(22)12-7-6-10(8-20-12)23-9-15(17,18)19/h2-8H,9H2,1H3. The molecule has 1 heterocycles. The summed E-state index contributed by atoms with van der Waals surface area (Å²) in [5.74, 6) is -0.514. The van der Waals surface area contributed by atoms with Gasteiger partial charge in [0.1, 0.15) is 11.4 Å². The number of amides is 1. The Morgan fingerprint density at radius 3 is 2.52 bits per heavy atom. The van der Waals surface area contributed by atoms with E-state index in [1.807, 2.05) is 0 Å². The Labute approximate surface area is 135 Å². The Bertz CT molecular complexity index is 690. The highest BCUT2D eigenvalue weighted by atomic mass is 35.5. The number of halogens is 4. The third-order valence-corrected chi connectivity index (χ3v) is 3.20. The van der Waals surface area contributed by atoms with Gasteiger partial charge in [0.2, 0.25) is 0 Å². The summed E-state index contributed by atoms with van der Waals surface area (Å²) >= 11 is 6.02. The highest BCUT2D eigenvalue weighted by Gasteiger charge is 2.28. The van der Waals surface area contributed by atoms with Gasteiger partial charge in [0, 0.05) is 7.05 Å². The molecule has 1 aromatic carbocycles. The largest absolute Gasteiger partial charge is 0.483 e. The number of rotatable bonds is 4. The van der Waals surface area contributed by atoms with Gasteiger partial charge in [-0.2, -0.15) is 13.2 Å². The smallest absolute Gasteiger partial charge is 0.422 e. The normalized spacial score (nSPS) is 11.2. The fourth-order valence-electron chi connectivity index (χ4n) is 1.76. The monoisotopic (exact) mass is 344 g/mol. The topological polar surface area (TPSA) is 42.4 Å². The van der Waals surface area contributed by atoms with E-state index in [9.17, 15) is 18.0 Å². The first-order chi connectivity index (χ1) is 10.8. The molecular weight excluding hydrogens is 333 g/mol. The Hall–Kier alpha value is -2.28. The first-order valence-corrected chi connectivity index (χ1v) is 6.84. The van der Waals surface area contributed by atoms with Gasteiger partial charge in [-0.15, -0.1) is 0 Å². The Morgan fingerprint density at radius 1 is 1.26 bits per heavy atom. The summed E-state index contributed by atoms with van der Waals surface area (Å²) in [6.07, 6.45) is -3.36. The number of alkyl halides is 3. The predicted molar refractivity (Wildman–Crippen MR) is 80.0 cm³/mol. The van der Waals surface area contributed by atoms with E-state index in [-0.39, 0.29) is 11.4 Å². The van der Waals surface area contributed by atoms with Crippen LogP contribution in [0.15, 0.2) is 42.6 Å². The maximum Gasteiger partial charge on any atom is 0.422 e. The van der Waals surface area contributed by atoms with Crippen molar-refractivity contribution in [3.63, 3.8) is 0 Å². The van der Waals surface area contributed by atoms with Crippen LogP contribution in [-0.2, 0) is 0 Å². The first-order valence-electron chi connectivity index (χ1n) is 6.46. The van der Waals surface area contributed by atoms with Crippen LogP contribution >= 0.6 is 11.6 Å². The van der Waals surface area contributed by atoms with Gasteiger partial charge < -0.3 is 9.64 Å². The molecule has 0 unspecified atom stereocenters. The third kappa shape index (κ3) is 4.59. The van der Waals surface area contributed by atoms with E-state index in [2.05, 4.69) is 9.72 Å². The summed E-state index contributed by atoms with van der Waals surface area (Å²) in [6, 6.07) is 9.32. The number of benzene rings is 1. The fourth-order valence-corrected chi connectivity index (χ4v) is 2.02. The first kappa shape index (κ1) is 17.1. The highest BCUT2D eigenvalue weighted by Crippen LogP contribution is 2.25. The van der Waals surface area contributed by atoms with Crippen LogP contribution in [0.25, 0.3) is 0 Å². The van der Waals surface area contributed by atoms with Gasteiger partial charge in [-0.05, 0) is 24.3 Å². The zero-order chi connectivity index (χ0) is 17.0. The zero-order valence-corrected chi connectivity index (χ0v) is 12.7. The summed E-state index contributed by atoms with van der Waals surface area (Å²) < 4.78 is 40.7. The second-order valence-electron chi connectivity index (χ2n) is 4.60. The zero-order valence-electron chi connectivity index (χ0n) is 12.0. The minimum absolute atomic E-state index is 0.0618. The van der Waals surface area contributed by atoms with Crippen LogP contribution in [0, 0.1) is 0 Å². The minimum Gasteiger partial charge on any atom is -0.483 e. The fraction of sp³-hybridized carbons (Fsp3) is 0.200. The van der Waals surface area contributed by atoms with Crippen LogP contribution in [0.2, 0.25) is 5.02 Å². The van der Waals surface area contributed by atoms with Crippen molar-refractivity contribution in [1.29, 1.82) is 0 Å². The number of hydrogen-bond donors (Lipinski definition) is 0. The number of para-hydroxylation sites is 1. The van der Waals surface area contributed by atoms with Crippen LogP contribution in [0.3, 0.4) is 0 Å². The molecule has 2 rings (SSSR count).